The van der Waals surface area contributed by atoms with Crippen molar-refractivity contribution in [3.8, 4) is 0 Å². The molecule has 3 N–H and O–H groups in total. The van der Waals surface area contributed by atoms with Crippen molar-refractivity contribution in [2.24, 2.45) is 5.73 Å². The Bertz CT molecular complexity index is 692. The summed E-state index contributed by atoms with van der Waals surface area (Å²) in [5, 5.41) is -0.614. The summed E-state index contributed by atoms with van der Waals surface area (Å²) in [5.41, 5.74) is 6.54. The number of nitrogens with zero attached hydrogens (tertiary/aromatic N) is 1. The molecule has 0 radical (unpaired) electrons. The van der Waals surface area contributed by atoms with E-state index in [9.17, 15) is 12.8 Å². The minimum atomic E-state index is -4.04. The average Bonchev–Trinajstić information content (AvgIpc) is 2.47. The molecule has 7 heteroatoms. The quantitative estimate of drug-likeness (QED) is 0.836. The van der Waals surface area contributed by atoms with Crippen LogP contribution < -0.4 is 10.5 Å². The van der Waals surface area contributed by atoms with Crippen molar-refractivity contribution in [2.45, 2.75) is 17.5 Å². The van der Waals surface area contributed by atoms with Gasteiger partial charge in [-0.05, 0) is 24.1 Å². The minimum Gasteiger partial charge on any atom is -0.329 e. The van der Waals surface area contributed by atoms with Crippen LogP contribution in [0.2, 0.25) is 0 Å². The van der Waals surface area contributed by atoms with Gasteiger partial charge in [-0.2, -0.15) is 0 Å². The van der Waals surface area contributed by atoms with E-state index in [-0.39, 0.29) is 6.54 Å². The molecule has 1 heterocycles. The van der Waals surface area contributed by atoms with Gasteiger partial charge in [0.2, 0.25) is 5.03 Å². The molecule has 0 saturated carbocycles. The number of sulfonamides is 1. The molecule has 0 aliphatic carbocycles. The summed E-state index contributed by atoms with van der Waals surface area (Å²) in [7, 11) is -4.04. The number of pyridine rings is 1. The number of benzene rings is 1. The van der Waals surface area contributed by atoms with Gasteiger partial charge in [0.15, 0.2) is 5.82 Å². The van der Waals surface area contributed by atoms with Crippen LogP contribution in [0.15, 0.2) is 53.7 Å². The normalized spacial score (nSPS) is 13.0. The van der Waals surface area contributed by atoms with Gasteiger partial charge in [-0.1, -0.05) is 30.3 Å². The number of hydrogen-bond acceptors (Lipinski definition) is 4. The highest BCUT2D eigenvalue weighted by atomic mass is 32.2. The molecule has 0 spiro atoms. The smallest absolute Gasteiger partial charge is 0.261 e. The maximum absolute atomic E-state index is 13.6. The van der Waals surface area contributed by atoms with Crippen molar-refractivity contribution in [2.75, 3.05) is 6.54 Å². The molecule has 1 aromatic heterocycles. The van der Waals surface area contributed by atoms with Crippen LogP contribution in [0.4, 0.5) is 4.39 Å². The lowest BCUT2D eigenvalue weighted by atomic mass is 10.1. The van der Waals surface area contributed by atoms with Gasteiger partial charge < -0.3 is 5.73 Å². The van der Waals surface area contributed by atoms with Gasteiger partial charge in [-0.25, -0.2) is 22.5 Å². The molecule has 2 aromatic rings. The van der Waals surface area contributed by atoms with Gasteiger partial charge in [0.25, 0.3) is 10.0 Å². The van der Waals surface area contributed by atoms with E-state index in [1.165, 1.54) is 12.3 Å². The molecule has 2 rings (SSSR count). The second-order valence-corrected chi connectivity index (χ2v) is 6.16. The molecule has 1 unspecified atom stereocenters. The second-order valence-electron chi connectivity index (χ2n) is 4.53. The van der Waals surface area contributed by atoms with Crippen LogP contribution in [0.25, 0.3) is 0 Å². The van der Waals surface area contributed by atoms with Crippen LogP contribution in [-0.4, -0.2) is 26.0 Å². The summed E-state index contributed by atoms with van der Waals surface area (Å²) in [6.07, 6.45) is 1.65. The van der Waals surface area contributed by atoms with Crippen LogP contribution in [0, 0.1) is 5.82 Å². The molecule has 1 aromatic carbocycles. The van der Waals surface area contributed by atoms with E-state index in [0.29, 0.717) is 6.42 Å². The molecule has 112 valence electrons. The summed E-state index contributed by atoms with van der Waals surface area (Å²) in [6, 6.07) is 11.2. The summed E-state index contributed by atoms with van der Waals surface area (Å²) in [5.74, 6) is -0.888. The summed E-state index contributed by atoms with van der Waals surface area (Å²) in [6.45, 7) is 0.0998. The van der Waals surface area contributed by atoms with E-state index in [2.05, 4.69) is 9.71 Å². The lowest BCUT2D eigenvalue weighted by Gasteiger charge is -2.16. The Balaban J connectivity index is 2.16. The average molecular weight is 309 g/mol. The first-order valence-corrected chi connectivity index (χ1v) is 7.88. The van der Waals surface area contributed by atoms with Crippen molar-refractivity contribution >= 4 is 10.0 Å². The summed E-state index contributed by atoms with van der Waals surface area (Å²) >= 11 is 0. The van der Waals surface area contributed by atoms with Crippen molar-refractivity contribution in [1.29, 1.82) is 0 Å². The lowest BCUT2D eigenvalue weighted by Crippen LogP contribution is -2.42. The molecule has 0 bridgehead atoms. The van der Waals surface area contributed by atoms with Crippen molar-refractivity contribution in [1.82, 2.24) is 9.71 Å². The van der Waals surface area contributed by atoms with Crippen molar-refractivity contribution < 1.29 is 12.8 Å². The standard InChI is InChI=1S/C14H16FN3O2S/c15-13-7-4-8-17-14(13)21(19,20)18-12(10-16)9-11-5-2-1-3-6-11/h1-8,12,18H,9-10,16H2. The predicted molar refractivity (Wildman–Crippen MR) is 77.5 cm³/mol. The van der Waals surface area contributed by atoms with Crippen LogP contribution in [0.5, 0.6) is 0 Å². The summed E-state index contributed by atoms with van der Waals surface area (Å²) in [4.78, 5) is 3.58. The first-order chi connectivity index (χ1) is 10.0. The van der Waals surface area contributed by atoms with E-state index in [4.69, 9.17) is 5.73 Å². The van der Waals surface area contributed by atoms with Crippen LogP contribution in [0.1, 0.15) is 5.56 Å². The predicted octanol–water partition coefficient (Wildman–Crippen LogP) is 1.07. The Labute approximate surface area is 123 Å². The monoisotopic (exact) mass is 309 g/mol. The number of hydrogen-bond donors (Lipinski definition) is 2. The molecular formula is C14H16FN3O2S. The molecule has 21 heavy (non-hydrogen) atoms. The molecule has 0 fully saturated rings. The third-order valence-electron chi connectivity index (χ3n) is 2.91. The SMILES string of the molecule is NCC(Cc1ccccc1)NS(=O)(=O)c1ncccc1F. The molecule has 5 nitrogen and oxygen atoms in total. The Hall–Kier alpha value is -1.83. The van der Waals surface area contributed by atoms with Crippen molar-refractivity contribution in [3.05, 3.63) is 60.0 Å². The topological polar surface area (TPSA) is 85.1 Å². The molecule has 0 amide bonds. The first-order valence-electron chi connectivity index (χ1n) is 6.40. The van der Waals surface area contributed by atoms with Gasteiger partial charge in [0, 0.05) is 18.8 Å². The zero-order valence-electron chi connectivity index (χ0n) is 11.2. The molecule has 0 saturated heterocycles. The lowest BCUT2D eigenvalue weighted by molar-refractivity contribution is 0.525. The van der Waals surface area contributed by atoms with Gasteiger partial charge in [0.1, 0.15) is 0 Å². The zero-order chi connectivity index (χ0) is 15.3. The zero-order valence-corrected chi connectivity index (χ0v) is 12.1. The highest BCUT2D eigenvalue weighted by molar-refractivity contribution is 7.89. The largest absolute Gasteiger partial charge is 0.329 e. The van der Waals surface area contributed by atoms with E-state index in [1.54, 1.807) is 0 Å². The third-order valence-corrected chi connectivity index (χ3v) is 4.36. The minimum absolute atomic E-state index is 0.0998. The maximum Gasteiger partial charge on any atom is 0.261 e. The fourth-order valence-electron chi connectivity index (χ4n) is 1.92. The fourth-order valence-corrected chi connectivity index (χ4v) is 3.17. The molecule has 0 aliphatic heterocycles. The maximum atomic E-state index is 13.6. The van der Waals surface area contributed by atoms with E-state index in [1.807, 2.05) is 30.3 Å². The Morgan fingerprint density at radius 3 is 2.52 bits per heavy atom. The number of rotatable bonds is 6. The van der Waals surface area contributed by atoms with Gasteiger partial charge in [0.05, 0.1) is 0 Å². The molecule has 1 atom stereocenters. The van der Waals surface area contributed by atoms with Crippen LogP contribution >= 0.6 is 0 Å². The Morgan fingerprint density at radius 1 is 1.19 bits per heavy atom. The van der Waals surface area contributed by atoms with E-state index < -0.39 is 26.9 Å². The Kier molecular flexibility index (Phi) is 5.00. The number of nitrogens with one attached hydrogen (secondary N) is 1. The van der Waals surface area contributed by atoms with Crippen molar-refractivity contribution in [3.63, 3.8) is 0 Å². The molecule has 0 aliphatic rings. The third kappa shape index (κ3) is 4.07. The van der Waals surface area contributed by atoms with Gasteiger partial charge in [-0.3, -0.25) is 0 Å². The number of halogens is 1. The summed E-state index contributed by atoms with van der Waals surface area (Å²) < 4.78 is 40.2. The van der Waals surface area contributed by atoms with Crippen LogP contribution in [-0.2, 0) is 16.4 Å². The number of nitrogens with two attached hydrogens (primary N) is 1. The number of aromatic nitrogens is 1. The van der Waals surface area contributed by atoms with E-state index >= 15 is 0 Å². The first kappa shape index (κ1) is 15.6. The van der Waals surface area contributed by atoms with Gasteiger partial charge in [-0.15, -0.1) is 0 Å². The Morgan fingerprint density at radius 2 is 1.90 bits per heavy atom. The van der Waals surface area contributed by atoms with Crippen LogP contribution in [0.3, 0.4) is 0 Å². The molecular weight excluding hydrogens is 293 g/mol. The fraction of sp³-hybridized carbons (Fsp3) is 0.214. The van der Waals surface area contributed by atoms with Gasteiger partial charge >= 0.3 is 0 Å². The highest BCUT2D eigenvalue weighted by Gasteiger charge is 2.23. The second kappa shape index (κ2) is 6.75. The highest BCUT2D eigenvalue weighted by Crippen LogP contribution is 2.11. The van der Waals surface area contributed by atoms with E-state index in [0.717, 1.165) is 11.6 Å².